The smallest absolute Gasteiger partial charge is 0.248 e. The summed E-state index contributed by atoms with van der Waals surface area (Å²) in [5.74, 6) is -0.610. The van der Waals surface area contributed by atoms with E-state index in [4.69, 9.17) is 5.73 Å². The number of benzene rings is 1. The topological polar surface area (TPSA) is 102 Å². The van der Waals surface area contributed by atoms with Crippen LogP contribution in [0.25, 0.3) is 0 Å². The van der Waals surface area contributed by atoms with Gasteiger partial charge in [0.05, 0.1) is 0 Å². The molecular weight excluding hydrogens is 294 g/mol. The van der Waals surface area contributed by atoms with Crippen molar-refractivity contribution in [2.24, 2.45) is 11.7 Å². The number of nitrogens with two attached hydrogens (primary N) is 1. The zero-order valence-electron chi connectivity index (χ0n) is 13.2. The molecule has 0 spiro atoms. The fourth-order valence-electron chi connectivity index (χ4n) is 1.92. The largest absolute Gasteiger partial charge is 0.330 e. The fourth-order valence-corrected chi connectivity index (χ4v) is 1.92. The van der Waals surface area contributed by atoms with Crippen molar-refractivity contribution in [3.05, 3.63) is 42.7 Å². The van der Waals surface area contributed by atoms with Gasteiger partial charge in [-0.2, -0.15) is 5.10 Å². The number of aromatic nitrogens is 2. The number of anilines is 2. The molecule has 1 aromatic carbocycles. The molecule has 7 heteroatoms. The fraction of sp³-hybridized carbons (Fsp3) is 0.312. The van der Waals surface area contributed by atoms with Gasteiger partial charge in [0.1, 0.15) is 6.04 Å². The summed E-state index contributed by atoms with van der Waals surface area (Å²) in [5, 5.41) is 9.64. The summed E-state index contributed by atoms with van der Waals surface area (Å²) in [6.45, 7) is 3.80. The van der Waals surface area contributed by atoms with E-state index < -0.39 is 6.04 Å². The van der Waals surface area contributed by atoms with E-state index in [-0.39, 0.29) is 24.3 Å². The highest BCUT2D eigenvalue weighted by atomic mass is 16.2. The first-order chi connectivity index (χ1) is 11.0. The van der Waals surface area contributed by atoms with E-state index in [1.807, 2.05) is 0 Å². The Hall–Kier alpha value is -2.67. The van der Waals surface area contributed by atoms with Gasteiger partial charge in [-0.15, -0.1) is 0 Å². The van der Waals surface area contributed by atoms with Crippen LogP contribution < -0.4 is 16.4 Å². The quantitative estimate of drug-likeness (QED) is 0.753. The predicted octanol–water partition coefficient (Wildman–Crippen LogP) is 1.62. The Morgan fingerprint density at radius 3 is 2.39 bits per heavy atom. The summed E-state index contributed by atoms with van der Waals surface area (Å²) >= 11 is 0. The van der Waals surface area contributed by atoms with Gasteiger partial charge in [0.2, 0.25) is 11.8 Å². The van der Waals surface area contributed by atoms with E-state index in [9.17, 15) is 9.59 Å². The van der Waals surface area contributed by atoms with Crippen LogP contribution in [-0.2, 0) is 9.59 Å². The van der Waals surface area contributed by atoms with Gasteiger partial charge in [-0.25, -0.2) is 0 Å². The maximum absolute atomic E-state index is 12.2. The highest BCUT2D eigenvalue weighted by Gasteiger charge is 2.15. The van der Waals surface area contributed by atoms with Crippen molar-refractivity contribution in [3.8, 4) is 0 Å². The minimum absolute atomic E-state index is 0.152. The second-order valence-electron chi connectivity index (χ2n) is 5.36. The molecule has 2 aromatic rings. The average molecular weight is 315 g/mol. The van der Waals surface area contributed by atoms with Gasteiger partial charge in [0.25, 0.3) is 0 Å². The van der Waals surface area contributed by atoms with Crippen molar-refractivity contribution in [1.82, 2.24) is 9.78 Å². The zero-order chi connectivity index (χ0) is 16.8. The van der Waals surface area contributed by atoms with Crippen molar-refractivity contribution in [2.45, 2.75) is 19.9 Å². The normalized spacial score (nSPS) is 13.2. The zero-order valence-corrected chi connectivity index (χ0v) is 13.2. The van der Waals surface area contributed by atoms with Crippen LogP contribution in [0, 0.1) is 5.92 Å². The van der Waals surface area contributed by atoms with Gasteiger partial charge >= 0.3 is 0 Å². The van der Waals surface area contributed by atoms with Crippen molar-refractivity contribution >= 4 is 23.2 Å². The lowest BCUT2D eigenvalue weighted by atomic mass is 10.1. The van der Waals surface area contributed by atoms with Crippen LogP contribution in [0.2, 0.25) is 0 Å². The van der Waals surface area contributed by atoms with E-state index in [0.29, 0.717) is 11.4 Å². The maximum Gasteiger partial charge on any atom is 0.248 e. The molecule has 2 atom stereocenters. The summed E-state index contributed by atoms with van der Waals surface area (Å²) in [6, 6.07) is 8.31. The summed E-state index contributed by atoms with van der Waals surface area (Å²) < 4.78 is 1.57. The predicted molar refractivity (Wildman–Crippen MR) is 88.9 cm³/mol. The van der Waals surface area contributed by atoms with Crippen molar-refractivity contribution in [3.63, 3.8) is 0 Å². The highest BCUT2D eigenvalue weighted by Crippen LogP contribution is 2.17. The van der Waals surface area contributed by atoms with E-state index >= 15 is 0 Å². The molecule has 2 unspecified atom stereocenters. The van der Waals surface area contributed by atoms with Crippen LogP contribution in [0.3, 0.4) is 0 Å². The number of hydrogen-bond donors (Lipinski definition) is 3. The number of hydrogen-bond acceptors (Lipinski definition) is 4. The average Bonchev–Trinajstić information content (AvgIpc) is 3.07. The van der Waals surface area contributed by atoms with Crippen molar-refractivity contribution in [2.75, 3.05) is 17.2 Å². The molecule has 0 fully saturated rings. The molecule has 2 amide bonds. The van der Waals surface area contributed by atoms with Crippen molar-refractivity contribution in [1.29, 1.82) is 0 Å². The molecule has 0 aliphatic carbocycles. The Kier molecular flexibility index (Phi) is 5.48. The lowest BCUT2D eigenvalue weighted by molar-refractivity contribution is -0.119. The highest BCUT2D eigenvalue weighted by molar-refractivity contribution is 5.96. The van der Waals surface area contributed by atoms with Gasteiger partial charge in [0, 0.05) is 36.2 Å². The molecule has 0 bridgehead atoms. The Morgan fingerprint density at radius 2 is 1.83 bits per heavy atom. The van der Waals surface area contributed by atoms with E-state index in [1.54, 1.807) is 61.3 Å². The number of carbonyl (C=O) groups excluding carboxylic acids is 2. The third-order valence-corrected chi connectivity index (χ3v) is 3.50. The van der Waals surface area contributed by atoms with Crippen LogP contribution in [0.4, 0.5) is 11.4 Å². The molecule has 0 aliphatic heterocycles. The first-order valence-corrected chi connectivity index (χ1v) is 7.42. The number of amides is 2. The molecule has 0 saturated heterocycles. The molecule has 23 heavy (non-hydrogen) atoms. The Balaban J connectivity index is 2.02. The standard InChI is InChI=1S/C16H21N5O2/c1-11(10-17)15(22)19-13-5-3-6-14(9-13)20-16(23)12(2)21-8-4-7-18-21/h3-9,11-12H,10,17H2,1-2H3,(H,19,22)(H,20,23). The molecule has 4 N–H and O–H groups in total. The molecule has 0 saturated carbocycles. The summed E-state index contributed by atoms with van der Waals surface area (Å²) in [6.07, 6.45) is 3.35. The molecular formula is C16H21N5O2. The minimum atomic E-state index is -0.430. The number of carbonyl (C=O) groups is 2. The van der Waals surface area contributed by atoms with Crippen molar-refractivity contribution < 1.29 is 9.59 Å². The summed E-state index contributed by atoms with van der Waals surface area (Å²) in [4.78, 5) is 24.1. The third-order valence-electron chi connectivity index (χ3n) is 3.50. The Labute approximate surface area is 134 Å². The van der Waals surface area contributed by atoms with Gasteiger partial charge in [-0.3, -0.25) is 14.3 Å². The second kappa shape index (κ2) is 7.55. The lowest BCUT2D eigenvalue weighted by Crippen LogP contribution is -2.27. The van der Waals surface area contributed by atoms with Gasteiger partial charge < -0.3 is 16.4 Å². The summed E-state index contributed by atoms with van der Waals surface area (Å²) in [5.41, 5.74) is 6.69. The molecule has 0 aliphatic rings. The number of nitrogens with one attached hydrogen (secondary N) is 2. The lowest BCUT2D eigenvalue weighted by Gasteiger charge is -2.14. The number of rotatable bonds is 6. The molecule has 1 heterocycles. The third kappa shape index (κ3) is 4.40. The molecule has 2 rings (SSSR count). The van der Waals surface area contributed by atoms with Crippen LogP contribution in [0.5, 0.6) is 0 Å². The second-order valence-corrected chi connectivity index (χ2v) is 5.36. The van der Waals surface area contributed by atoms with Crippen LogP contribution in [0.1, 0.15) is 19.9 Å². The Bertz CT molecular complexity index is 669. The summed E-state index contributed by atoms with van der Waals surface area (Å²) in [7, 11) is 0. The SMILES string of the molecule is CC(CN)C(=O)Nc1cccc(NC(=O)C(C)n2cccn2)c1. The first kappa shape index (κ1) is 16.7. The van der Waals surface area contributed by atoms with E-state index in [2.05, 4.69) is 15.7 Å². The number of nitrogens with zero attached hydrogens (tertiary/aromatic N) is 2. The van der Waals surface area contributed by atoms with E-state index in [1.165, 1.54) is 0 Å². The van der Waals surface area contributed by atoms with Crippen LogP contribution in [-0.4, -0.2) is 28.1 Å². The van der Waals surface area contributed by atoms with Gasteiger partial charge in [-0.05, 0) is 31.2 Å². The van der Waals surface area contributed by atoms with Crippen LogP contribution >= 0.6 is 0 Å². The van der Waals surface area contributed by atoms with Gasteiger partial charge in [-0.1, -0.05) is 13.0 Å². The van der Waals surface area contributed by atoms with E-state index in [0.717, 1.165) is 0 Å². The van der Waals surface area contributed by atoms with Crippen LogP contribution in [0.15, 0.2) is 42.7 Å². The van der Waals surface area contributed by atoms with Gasteiger partial charge in [0.15, 0.2) is 0 Å². The molecule has 0 radical (unpaired) electrons. The monoisotopic (exact) mass is 315 g/mol. The molecule has 7 nitrogen and oxygen atoms in total. The maximum atomic E-state index is 12.2. The first-order valence-electron chi connectivity index (χ1n) is 7.42. The molecule has 1 aromatic heterocycles. The minimum Gasteiger partial charge on any atom is -0.330 e. The Morgan fingerprint density at radius 1 is 1.17 bits per heavy atom. The molecule has 122 valence electrons.